The van der Waals surface area contributed by atoms with Crippen LogP contribution in [0.1, 0.15) is 5.69 Å². The van der Waals surface area contributed by atoms with Gasteiger partial charge in [0.25, 0.3) is 0 Å². The van der Waals surface area contributed by atoms with E-state index in [1.54, 1.807) is 6.21 Å². The molecule has 2 rings (SSSR count). The Kier molecular flexibility index (Phi) is 3.19. The first-order valence-corrected chi connectivity index (χ1v) is 9.08. The smallest absolute Gasteiger partial charge is 0.122 e. The van der Waals surface area contributed by atoms with Gasteiger partial charge in [0, 0.05) is 0 Å². The van der Waals surface area contributed by atoms with Crippen LogP contribution in [0.15, 0.2) is 35.3 Å². The zero-order valence-electron chi connectivity index (χ0n) is 10.3. The number of H-pyrrole nitrogens is 1. The third-order valence-electron chi connectivity index (χ3n) is 2.38. The fourth-order valence-corrected chi connectivity index (χ4v) is 2.81. The average molecular weight is 244 g/mol. The third-order valence-corrected chi connectivity index (χ3v) is 4.17. The zero-order chi connectivity index (χ0) is 12.3. The minimum absolute atomic E-state index is 0.855. The number of nitrogens with zero attached hydrogens (tertiary/aromatic N) is 3. The summed E-state index contributed by atoms with van der Waals surface area (Å²) in [6.45, 7) is 6.72. The van der Waals surface area contributed by atoms with Crippen molar-refractivity contribution in [1.29, 1.82) is 0 Å². The quantitative estimate of drug-likeness (QED) is 0.664. The van der Waals surface area contributed by atoms with Gasteiger partial charge in [0.05, 0.1) is 17.2 Å². The minimum Gasteiger partial charge on any atom is -0.255 e. The Bertz CT molecular complexity index is 511. The van der Waals surface area contributed by atoms with E-state index in [1.807, 2.05) is 30.3 Å². The van der Waals surface area contributed by atoms with Gasteiger partial charge in [-0.3, -0.25) is 4.99 Å². The molecule has 0 saturated heterocycles. The monoisotopic (exact) mass is 244 g/mol. The van der Waals surface area contributed by atoms with Crippen LogP contribution >= 0.6 is 0 Å². The van der Waals surface area contributed by atoms with Gasteiger partial charge in [-0.2, -0.15) is 15.4 Å². The summed E-state index contributed by atoms with van der Waals surface area (Å²) in [4.78, 5) is 4.40. The second-order valence-corrected chi connectivity index (χ2v) is 9.87. The molecule has 0 amide bonds. The Morgan fingerprint density at radius 3 is 2.47 bits per heavy atom. The largest absolute Gasteiger partial charge is 0.255 e. The van der Waals surface area contributed by atoms with Crippen LogP contribution in [0.25, 0.3) is 0 Å². The third kappa shape index (κ3) is 2.88. The lowest BCUT2D eigenvalue weighted by Gasteiger charge is -2.11. The highest BCUT2D eigenvalue weighted by atomic mass is 28.3. The number of aromatic amines is 1. The van der Waals surface area contributed by atoms with E-state index in [4.69, 9.17) is 0 Å². The summed E-state index contributed by atoms with van der Waals surface area (Å²) >= 11 is 0. The molecule has 88 valence electrons. The summed E-state index contributed by atoms with van der Waals surface area (Å²) in [5, 5.41) is 12.1. The van der Waals surface area contributed by atoms with Crippen molar-refractivity contribution in [2.24, 2.45) is 4.99 Å². The molecule has 0 atom stereocenters. The molecular weight excluding hydrogens is 228 g/mol. The summed E-state index contributed by atoms with van der Waals surface area (Å²) in [5.41, 5.74) is 1.78. The summed E-state index contributed by atoms with van der Waals surface area (Å²) < 4.78 is 0. The zero-order valence-corrected chi connectivity index (χ0v) is 11.3. The molecule has 0 aliphatic carbocycles. The van der Waals surface area contributed by atoms with E-state index < -0.39 is 8.07 Å². The van der Waals surface area contributed by atoms with Crippen LogP contribution in [-0.2, 0) is 0 Å². The number of hydrogen-bond donors (Lipinski definition) is 1. The second kappa shape index (κ2) is 4.63. The Morgan fingerprint density at radius 1 is 1.12 bits per heavy atom. The Hall–Kier alpha value is -1.75. The Morgan fingerprint density at radius 2 is 1.82 bits per heavy atom. The maximum Gasteiger partial charge on any atom is 0.122 e. The van der Waals surface area contributed by atoms with Crippen molar-refractivity contribution >= 4 is 25.3 Å². The molecule has 17 heavy (non-hydrogen) atoms. The lowest BCUT2D eigenvalue weighted by Crippen LogP contribution is -2.41. The average Bonchev–Trinajstić information content (AvgIpc) is 2.75. The molecule has 0 bridgehead atoms. The number of aromatic nitrogens is 3. The minimum atomic E-state index is -1.46. The van der Waals surface area contributed by atoms with E-state index in [2.05, 4.69) is 40.0 Å². The van der Waals surface area contributed by atoms with Gasteiger partial charge in [0.15, 0.2) is 0 Å². The predicted octanol–water partition coefficient (Wildman–Crippen LogP) is 2.10. The lowest BCUT2D eigenvalue weighted by atomic mass is 10.3. The highest BCUT2D eigenvalue weighted by molar-refractivity contribution is 6.88. The van der Waals surface area contributed by atoms with E-state index in [1.165, 1.54) is 0 Å². The SMILES string of the molecule is C[Si](C)(C)c1n[nH]nc1C=Nc1ccccc1. The molecule has 0 spiro atoms. The lowest BCUT2D eigenvalue weighted by molar-refractivity contribution is 0.942. The van der Waals surface area contributed by atoms with Crippen LogP contribution in [0.2, 0.25) is 19.6 Å². The first kappa shape index (κ1) is 11.7. The summed E-state index contributed by atoms with van der Waals surface area (Å²) in [6, 6.07) is 9.84. The van der Waals surface area contributed by atoms with Crippen molar-refractivity contribution in [3.05, 3.63) is 36.0 Å². The molecule has 2 aromatic rings. The molecular formula is C12H16N4Si. The molecule has 1 heterocycles. The van der Waals surface area contributed by atoms with E-state index in [-0.39, 0.29) is 0 Å². The van der Waals surface area contributed by atoms with Crippen molar-refractivity contribution < 1.29 is 0 Å². The molecule has 0 saturated carbocycles. The Balaban J connectivity index is 2.26. The van der Waals surface area contributed by atoms with Gasteiger partial charge < -0.3 is 0 Å². The second-order valence-electron chi connectivity index (χ2n) is 4.90. The van der Waals surface area contributed by atoms with E-state index in [9.17, 15) is 0 Å². The van der Waals surface area contributed by atoms with Gasteiger partial charge in [-0.1, -0.05) is 37.8 Å². The van der Waals surface area contributed by atoms with E-state index in [0.717, 1.165) is 16.7 Å². The molecule has 0 radical (unpaired) electrons. The maximum absolute atomic E-state index is 4.40. The number of nitrogens with one attached hydrogen (secondary N) is 1. The first-order valence-electron chi connectivity index (χ1n) is 5.58. The van der Waals surface area contributed by atoms with Gasteiger partial charge in [-0.05, 0) is 12.1 Å². The number of aliphatic imine (C=N–C) groups is 1. The van der Waals surface area contributed by atoms with Crippen LogP contribution in [0.3, 0.4) is 0 Å². The van der Waals surface area contributed by atoms with Crippen molar-refractivity contribution in [1.82, 2.24) is 15.4 Å². The molecule has 0 aliphatic rings. The van der Waals surface area contributed by atoms with Crippen molar-refractivity contribution in [3.8, 4) is 0 Å². The molecule has 0 unspecified atom stereocenters. The van der Waals surface area contributed by atoms with Crippen molar-refractivity contribution in [3.63, 3.8) is 0 Å². The molecule has 1 aromatic carbocycles. The molecule has 0 fully saturated rings. The molecule has 4 nitrogen and oxygen atoms in total. The number of rotatable bonds is 3. The van der Waals surface area contributed by atoms with Gasteiger partial charge in [-0.25, -0.2) is 0 Å². The fraction of sp³-hybridized carbons (Fsp3) is 0.250. The fourth-order valence-electron chi connectivity index (χ4n) is 1.53. The molecule has 1 N–H and O–H groups in total. The van der Waals surface area contributed by atoms with Crippen LogP contribution in [0.4, 0.5) is 5.69 Å². The highest BCUT2D eigenvalue weighted by Gasteiger charge is 2.23. The van der Waals surface area contributed by atoms with Gasteiger partial charge in [0.1, 0.15) is 13.8 Å². The summed E-state index contributed by atoms with van der Waals surface area (Å²) in [7, 11) is -1.46. The molecule has 0 aliphatic heterocycles. The van der Waals surface area contributed by atoms with Gasteiger partial charge >= 0.3 is 0 Å². The highest BCUT2D eigenvalue weighted by Crippen LogP contribution is 2.09. The van der Waals surface area contributed by atoms with Crippen LogP contribution < -0.4 is 5.32 Å². The Labute approximate surface area is 102 Å². The van der Waals surface area contributed by atoms with E-state index >= 15 is 0 Å². The standard InChI is InChI=1S/C12H16N4Si/c1-17(2,3)12-11(14-16-15-12)9-13-10-7-5-4-6-8-10/h4-9H,1-3H3,(H,14,15,16). The predicted molar refractivity (Wildman–Crippen MR) is 73.1 cm³/mol. The summed E-state index contributed by atoms with van der Waals surface area (Å²) in [5.74, 6) is 0. The van der Waals surface area contributed by atoms with Crippen molar-refractivity contribution in [2.45, 2.75) is 19.6 Å². The number of benzene rings is 1. The van der Waals surface area contributed by atoms with E-state index in [0.29, 0.717) is 0 Å². The normalized spacial score (nSPS) is 12.2. The number of para-hydroxylation sites is 1. The summed E-state index contributed by atoms with van der Waals surface area (Å²) in [6.07, 6.45) is 1.78. The van der Waals surface area contributed by atoms with Gasteiger partial charge in [-0.15, -0.1) is 0 Å². The maximum atomic E-state index is 4.40. The van der Waals surface area contributed by atoms with Crippen molar-refractivity contribution in [2.75, 3.05) is 0 Å². The van der Waals surface area contributed by atoms with Crippen LogP contribution in [-0.4, -0.2) is 29.7 Å². The van der Waals surface area contributed by atoms with Gasteiger partial charge in [0.2, 0.25) is 0 Å². The van der Waals surface area contributed by atoms with Crippen LogP contribution in [0, 0.1) is 0 Å². The molecule has 1 aromatic heterocycles. The molecule has 5 heteroatoms. The number of hydrogen-bond acceptors (Lipinski definition) is 3. The first-order chi connectivity index (χ1) is 8.07. The topological polar surface area (TPSA) is 53.9 Å². The van der Waals surface area contributed by atoms with Crippen LogP contribution in [0.5, 0.6) is 0 Å².